The lowest BCUT2D eigenvalue weighted by atomic mass is 10.2. The zero-order valence-electron chi connectivity index (χ0n) is 10.3. The molecule has 0 spiro atoms. The summed E-state index contributed by atoms with van der Waals surface area (Å²) in [5.41, 5.74) is 1.33. The van der Waals surface area contributed by atoms with E-state index in [-0.39, 0.29) is 0 Å². The van der Waals surface area contributed by atoms with Crippen molar-refractivity contribution in [1.82, 2.24) is 10.3 Å². The Bertz CT molecular complexity index is 306. The van der Waals surface area contributed by atoms with Gasteiger partial charge in [-0.3, -0.25) is 0 Å². The van der Waals surface area contributed by atoms with Crippen LogP contribution in [0.4, 0.5) is 5.13 Å². The van der Waals surface area contributed by atoms with E-state index in [9.17, 15) is 0 Å². The van der Waals surface area contributed by atoms with Crippen LogP contribution < -0.4 is 10.2 Å². The topological polar surface area (TPSA) is 28.2 Å². The fourth-order valence-corrected chi connectivity index (χ4v) is 3.22. The van der Waals surface area contributed by atoms with Crippen molar-refractivity contribution < 1.29 is 0 Å². The van der Waals surface area contributed by atoms with Crippen molar-refractivity contribution in [1.29, 1.82) is 0 Å². The second kappa shape index (κ2) is 5.64. The predicted molar refractivity (Wildman–Crippen MR) is 70.3 cm³/mol. The maximum absolute atomic E-state index is 4.79. The molecule has 0 atom stereocenters. The molecule has 0 aromatic carbocycles. The lowest BCUT2D eigenvalue weighted by molar-refractivity contribution is 0.642. The first-order chi connectivity index (χ1) is 7.85. The third kappa shape index (κ3) is 2.55. The Kier molecular flexibility index (Phi) is 4.18. The highest BCUT2D eigenvalue weighted by atomic mass is 32.1. The molecule has 16 heavy (non-hydrogen) atoms. The minimum Gasteiger partial charge on any atom is -0.348 e. The highest BCUT2D eigenvalue weighted by Crippen LogP contribution is 2.28. The van der Waals surface area contributed by atoms with Crippen molar-refractivity contribution in [2.24, 2.45) is 0 Å². The summed E-state index contributed by atoms with van der Waals surface area (Å²) < 4.78 is 0. The third-order valence-corrected chi connectivity index (χ3v) is 4.01. The molecule has 0 amide bonds. The molecular weight excluding hydrogens is 218 g/mol. The maximum Gasteiger partial charge on any atom is 0.185 e. The van der Waals surface area contributed by atoms with Crippen molar-refractivity contribution in [3.63, 3.8) is 0 Å². The van der Waals surface area contributed by atoms with E-state index >= 15 is 0 Å². The van der Waals surface area contributed by atoms with Gasteiger partial charge in [-0.2, -0.15) is 0 Å². The SMILES string of the molecule is CCCN(CCC)c1nc2c(s1)CNCC2. The smallest absolute Gasteiger partial charge is 0.185 e. The summed E-state index contributed by atoms with van der Waals surface area (Å²) in [5, 5.41) is 4.64. The Morgan fingerprint density at radius 1 is 1.31 bits per heavy atom. The molecule has 1 aromatic rings. The van der Waals surface area contributed by atoms with Gasteiger partial charge in [0.05, 0.1) is 5.69 Å². The molecule has 90 valence electrons. The van der Waals surface area contributed by atoms with Crippen LogP contribution in [0.15, 0.2) is 0 Å². The number of fused-ring (bicyclic) bond motifs is 1. The monoisotopic (exact) mass is 239 g/mol. The first kappa shape index (κ1) is 11.9. The summed E-state index contributed by atoms with van der Waals surface area (Å²) in [5.74, 6) is 0. The summed E-state index contributed by atoms with van der Waals surface area (Å²) in [6.07, 6.45) is 3.49. The highest BCUT2D eigenvalue weighted by Gasteiger charge is 2.17. The third-order valence-electron chi connectivity index (χ3n) is 2.85. The van der Waals surface area contributed by atoms with E-state index in [0.717, 1.165) is 32.6 Å². The molecule has 1 aliphatic rings. The molecule has 0 radical (unpaired) electrons. The molecule has 0 bridgehead atoms. The first-order valence-corrected chi connectivity index (χ1v) is 7.11. The molecule has 1 aliphatic heterocycles. The Labute approximate surface area is 102 Å². The van der Waals surface area contributed by atoms with E-state index in [2.05, 4.69) is 24.1 Å². The van der Waals surface area contributed by atoms with Crippen molar-refractivity contribution in [3.05, 3.63) is 10.6 Å². The van der Waals surface area contributed by atoms with Gasteiger partial charge in [-0.15, -0.1) is 11.3 Å². The largest absolute Gasteiger partial charge is 0.348 e. The second-order valence-electron chi connectivity index (χ2n) is 4.28. The van der Waals surface area contributed by atoms with Gasteiger partial charge in [-0.25, -0.2) is 4.98 Å². The van der Waals surface area contributed by atoms with Gasteiger partial charge >= 0.3 is 0 Å². The maximum atomic E-state index is 4.79. The summed E-state index contributed by atoms with van der Waals surface area (Å²) in [6, 6.07) is 0. The molecule has 1 aromatic heterocycles. The van der Waals surface area contributed by atoms with Crippen LogP contribution in [0, 0.1) is 0 Å². The average molecular weight is 239 g/mol. The molecule has 0 aliphatic carbocycles. The summed E-state index contributed by atoms with van der Waals surface area (Å²) in [6.45, 7) is 8.83. The molecule has 2 rings (SSSR count). The minimum atomic E-state index is 1.01. The Balaban J connectivity index is 2.14. The van der Waals surface area contributed by atoms with Crippen LogP contribution in [0.25, 0.3) is 0 Å². The Morgan fingerprint density at radius 2 is 2.06 bits per heavy atom. The van der Waals surface area contributed by atoms with Crippen LogP contribution in [0.5, 0.6) is 0 Å². The van der Waals surface area contributed by atoms with Gasteiger partial charge in [0.1, 0.15) is 0 Å². The number of hydrogen-bond acceptors (Lipinski definition) is 4. The molecule has 0 fully saturated rings. The summed E-state index contributed by atoms with van der Waals surface area (Å²) >= 11 is 1.88. The minimum absolute atomic E-state index is 1.01. The molecule has 0 unspecified atom stereocenters. The van der Waals surface area contributed by atoms with E-state index in [0.29, 0.717) is 0 Å². The van der Waals surface area contributed by atoms with Gasteiger partial charge in [-0.05, 0) is 12.8 Å². The van der Waals surface area contributed by atoms with Crippen molar-refractivity contribution in [2.75, 3.05) is 24.5 Å². The van der Waals surface area contributed by atoms with Gasteiger partial charge in [0.25, 0.3) is 0 Å². The number of thiazole rings is 1. The lowest BCUT2D eigenvalue weighted by Crippen LogP contribution is -2.24. The fraction of sp³-hybridized carbons (Fsp3) is 0.750. The number of rotatable bonds is 5. The highest BCUT2D eigenvalue weighted by molar-refractivity contribution is 7.15. The molecule has 4 heteroatoms. The number of nitrogens with zero attached hydrogens (tertiary/aromatic N) is 2. The number of anilines is 1. The van der Waals surface area contributed by atoms with E-state index in [4.69, 9.17) is 4.98 Å². The van der Waals surface area contributed by atoms with E-state index in [1.54, 1.807) is 0 Å². The standard InChI is InChI=1S/C12H21N3S/c1-3-7-15(8-4-2)12-14-10-5-6-13-9-11(10)16-12/h13H,3-9H2,1-2H3. The summed E-state index contributed by atoms with van der Waals surface area (Å²) in [7, 11) is 0. The first-order valence-electron chi connectivity index (χ1n) is 6.29. The number of aromatic nitrogens is 1. The van der Waals surface area contributed by atoms with E-state index < -0.39 is 0 Å². The van der Waals surface area contributed by atoms with Crippen LogP contribution in [0.2, 0.25) is 0 Å². The molecule has 1 N–H and O–H groups in total. The Hall–Kier alpha value is -0.610. The molecule has 0 saturated heterocycles. The van der Waals surface area contributed by atoms with Gasteiger partial charge in [-0.1, -0.05) is 13.8 Å². The second-order valence-corrected chi connectivity index (χ2v) is 5.34. The van der Waals surface area contributed by atoms with Crippen molar-refractivity contribution in [3.8, 4) is 0 Å². The van der Waals surface area contributed by atoms with Gasteiger partial charge in [0.15, 0.2) is 5.13 Å². The zero-order chi connectivity index (χ0) is 11.4. The van der Waals surface area contributed by atoms with Gasteiger partial charge < -0.3 is 10.2 Å². The van der Waals surface area contributed by atoms with Crippen LogP contribution in [0.1, 0.15) is 37.3 Å². The zero-order valence-corrected chi connectivity index (χ0v) is 11.1. The number of hydrogen-bond donors (Lipinski definition) is 1. The molecule has 3 nitrogen and oxygen atoms in total. The van der Waals surface area contributed by atoms with Gasteiger partial charge in [0.2, 0.25) is 0 Å². The fourth-order valence-electron chi connectivity index (χ4n) is 2.09. The van der Waals surface area contributed by atoms with Gasteiger partial charge in [0, 0.05) is 37.5 Å². The average Bonchev–Trinajstić information content (AvgIpc) is 2.72. The van der Waals surface area contributed by atoms with Crippen molar-refractivity contribution >= 4 is 16.5 Å². The van der Waals surface area contributed by atoms with Crippen LogP contribution >= 0.6 is 11.3 Å². The Morgan fingerprint density at radius 3 is 2.69 bits per heavy atom. The summed E-state index contributed by atoms with van der Waals surface area (Å²) in [4.78, 5) is 8.67. The number of nitrogens with one attached hydrogen (secondary N) is 1. The molecule has 0 saturated carbocycles. The van der Waals surface area contributed by atoms with Crippen LogP contribution in [-0.2, 0) is 13.0 Å². The van der Waals surface area contributed by atoms with Crippen molar-refractivity contribution in [2.45, 2.75) is 39.7 Å². The quantitative estimate of drug-likeness (QED) is 0.855. The lowest BCUT2D eigenvalue weighted by Gasteiger charge is -2.19. The normalized spacial score (nSPS) is 14.9. The van der Waals surface area contributed by atoms with E-state index in [1.807, 2.05) is 11.3 Å². The van der Waals surface area contributed by atoms with Crippen LogP contribution in [0.3, 0.4) is 0 Å². The molecular formula is C12H21N3S. The molecule has 2 heterocycles. The van der Waals surface area contributed by atoms with Crippen LogP contribution in [-0.4, -0.2) is 24.6 Å². The van der Waals surface area contributed by atoms with E-state index in [1.165, 1.54) is 28.5 Å². The predicted octanol–water partition coefficient (Wildman–Crippen LogP) is 2.42.